The van der Waals surface area contributed by atoms with Crippen molar-refractivity contribution >= 4 is 53.6 Å². The monoisotopic (exact) mass is 765 g/mol. The predicted molar refractivity (Wildman–Crippen MR) is 170 cm³/mol. The van der Waals surface area contributed by atoms with E-state index in [0.29, 0.717) is 4.90 Å². The van der Waals surface area contributed by atoms with Gasteiger partial charge in [-0.25, -0.2) is 0 Å². The molecule has 20 nitrogen and oxygen atoms in total. The maximum Gasteiger partial charge on any atom is 0.305 e. The van der Waals surface area contributed by atoms with Crippen molar-refractivity contribution in [2.75, 3.05) is 13.2 Å². The molecular weight excluding hydrogens is 726 g/mol. The van der Waals surface area contributed by atoms with E-state index >= 15 is 0 Å². The molecule has 0 radical (unpaired) electrons. The Labute approximate surface area is 307 Å². The Morgan fingerprint density at radius 1 is 0.519 bits per heavy atom. The van der Waals surface area contributed by atoms with Crippen LogP contribution in [0.4, 0.5) is 0 Å². The molecule has 4 rings (SSSR count). The molecule has 294 valence electrons. The first kappa shape index (κ1) is 41.3. The maximum absolute atomic E-state index is 14.0. The lowest BCUT2D eigenvalue weighted by Crippen LogP contribution is -2.70. The number of benzene rings is 1. The molecule has 1 aromatic carbocycles. The number of carbonyl (C=O) groups is 9. The summed E-state index contributed by atoms with van der Waals surface area (Å²) < 4.78 is 56.2. The van der Waals surface area contributed by atoms with Crippen molar-refractivity contribution in [1.82, 2.24) is 4.90 Å². The molecule has 20 heteroatoms. The lowest BCUT2D eigenvalue weighted by Gasteiger charge is -2.50. The van der Waals surface area contributed by atoms with E-state index in [9.17, 15) is 43.2 Å². The normalized spacial score (nSPS) is 28.9. The Balaban J connectivity index is 1.92. The van der Waals surface area contributed by atoms with Gasteiger partial charge in [0.1, 0.15) is 31.5 Å². The zero-order valence-electron chi connectivity index (χ0n) is 30.2. The summed E-state index contributed by atoms with van der Waals surface area (Å²) in [7, 11) is 0. The van der Waals surface area contributed by atoms with Crippen molar-refractivity contribution in [3.8, 4) is 0 Å². The molecule has 0 aliphatic carbocycles. The molecule has 0 N–H and O–H groups in total. The number of hydrogen-bond acceptors (Lipinski definition) is 19. The van der Waals surface area contributed by atoms with Crippen LogP contribution in [0.15, 0.2) is 24.3 Å². The molecule has 10 atom stereocenters. The summed E-state index contributed by atoms with van der Waals surface area (Å²) in [6.45, 7) is 5.89. The fraction of sp³-hybridized carbons (Fsp3) is 0.559. The largest absolute Gasteiger partial charge is 0.463 e. The van der Waals surface area contributed by atoms with Crippen LogP contribution in [0.2, 0.25) is 0 Å². The molecule has 2 saturated heterocycles. The standard InChI is InChI=1S/C34H39NO19/c1-14(36)45-12-23-26(47-16(3)38)28(49-18(5)40)25(35-31(43)21-10-8-9-11-22(21)32(35)44)33(52-23)54-30-29(50-19(6)41)27(48-17(4)39)24(13-46-15(2)37)53-34(30)51-20(7)42/h8-11,23-30,33-34H,12-13H2,1-7H3/t23-,24-,25-,26-,27-,28-,29+,30+,33+,34+/m1/s1. The van der Waals surface area contributed by atoms with Crippen LogP contribution in [0.3, 0.4) is 0 Å². The van der Waals surface area contributed by atoms with Gasteiger partial charge < -0.3 is 47.4 Å². The fourth-order valence-electron chi connectivity index (χ4n) is 6.18. The second-order valence-corrected chi connectivity index (χ2v) is 12.2. The summed E-state index contributed by atoms with van der Waals surface area (Å²) in [5, 5.41) is 0. The number of imide groups is 1. The molecule has 0 aromatic heterocycles. The van der Waals surface area contributed by atoms with E-state index in [1.54, 1.807) is 0 Å². The van der Waals surface area contributed by atoms with Crippen LogP contribution < -0.4 is 0 Å². The molecule has 3 aliphatic heterocycles. The second kappa shape index (κ2) is 17.6. The summed E-state index contributed by atoms with van der Waals surface area (Å²) in [5.74, 6) is -8.17. The first-order valence-electron chi connectivity index (χ1n) is 16.5. The number of rotatable bonds is 12. The lowest BCUT2D eigenvalue weighted by molar-refractivity contribution is -0.354. The number of carbonyl (C=O) groups excluding carboxylic acids is 9. The van der Waals surface area contributed by atoms with Gasteiger partial charge >= 0.3 is 41.8 Å². The van der Waals surface area contributed by atoms with E-state index in [1.807, 2.05) is 0 Å². The Hall–Kier alpha value is -5.47. The van der Waals surface area contributed by atoms with Crippen LogP contribution in [-0.4, -0.2) is 133 Å². The summed E-state index contributed by atoms with van der Waals surface area (Å²) in [5.41, 5.74) is -0.123. The highest BCUT2D eigenvalue weighted by Crippen LogP contribution is 2.38. The molecule has 0 bridgehead atoms. The number of amides is 2. The van der Waals surface area contributed by atoms with Gasteiger partial charge in [0.25, 0.3) is 11.8 Å². The van der Waals surface area contributed by atoms with Crippen molar-refractivity contribution in [3.63, 3.8) is 0 Å². The number of fused-ring (bicyclic) bond motifs is 1. The van der Waals surface area contributed by atoms with Crippen LogP contribution in [0.25, 0.3) is 0 Å². The molecule has 0 unspecified atom stereocenters. The first-order chi connectivity index (χ1) is 25.4. The van der Waals surface area contributed by atoms with Crippen molar-refractivity contribution < 1.29 is 90.5 Å². The maximum atomic E-state index is 14.0. The van der Waals surface area contributed by atoms with Gasteiger partial charge in [-0.2, -0.15) is 0 Å². The van der Waals surface area contributed by atoms with Crippen LogP contribution in [0, 0.1) is 0 Å². The average molecular weight is 766 g/mol. The first-order valence-corrected chi connectivity index (χ1v) is 16.5. The molecule has 54 heavy (non-hydrogen) atoms. The van der Waals surface area contributed by atoms with E-state index in [2.05, 4.69) is 0 Å². The third-order valence-corrected chi connectivity index (χ3v) is 8.01. The second-order valence-electron chi connectivity index (χ2n) is 12.2. The van der Waals surface area contributed by atoms with E-state index in [4.69, 9.17) is 47.4 Å². The number of hydrogen-bond donors (Lipinski definition) is 0. The molecule has 3 heterocycles. The van der Waals surface area contributed by atoms with Gasteiger partial charge in [0.05, 0.1) is 11.1 Å². The Bertz CT molecular complexity index is 1640. The highest BCUT2D eigenvalue weighted by molar-refractivity contribution is 6.21. The molecule has 2 fully saturated rings. The Morgan fingerprint density at radius 2 is 0.907 bits per heavy atom. The fourth-order valence-corrected chi connectivity index (χ4v) is 6.18. The van der Waals surface area contributed by atoms with Crippen molar-refractivity contribution in [3.05, 3.63) is 35.4 Å². The van der Waals surface area contributed by atoms with Gasteiger partial charge in [-0.15, -0.1) is 0 Å². The van der Waals surface area contributed by atoms with Gasteiger partial charge in [0.15, 0.2) is 36.8 Å². The van der Waals surface area contributed by atoms with Crippen molar-refractivity contribution in [2.24, 2.45) is 0 Å². The topological polar surface area (TPSA) is 249 Å². The van der Waals surface area contributed by atoms with Crippen LogP contribution in [-0.2, 0) is 80.9 Å². The lowest BCUT2D eigenvalue weighted by atomic mass is 9.94. The van der Waals surface area contributed by atoms with Gasteiger partial charge in [0, 0.05) is 48.5 Å². The van der Waals surface area contributed by atoms with E-state index < -0.39 is 128 Å². The third-order valence-electron chi connectivity index (χ3n) is 8.01. The van der Waals surface area contributed by atoms with Gasteiger partial charge in [0.2, 0.25) is 6.29 Å². The van der Waals surface area contributed by atoms with Gasteiger partial charge in [-0.05, 0) is 12.1 Å². The quantitative estimate of drug-likeness (QED) is 0.153. The van der Waals surface area contributed by atoms with E-state index in [1.165, 1.54) is 24.3 Å². The van der Waals surface area contributed by atoms with Gasteiger partial charge in [-0.3, -0.25) is 48.1 Å². The Morgan fingerprint density at radius 3 is 1.33 bits per heavy atom. The van der Waals surface area contributed by atoms with Crippen molar-refractivity contribution in [2.45, 2.75) is 110 Å². The zero-order valence-corrected chi connectivity index (χ0v) is 30.2. The van der Waals surface area contributed by atoms with Crippen LogP contribution >= 0.6 is 0 Å². The molecule has 3 aliphatic rings. The molecule has 0 saturated carbocycles. The zero-order chi connectivity index (χ0) is 40.0. The minimum Gasteiger partial charge on any atom is -0.463 e. The van der Waals surface area contributed by atoms with Gasteiger partial charge in [-0.1, -0.05) is 12.1 Å². The summed E-state index contributed by atoms with van der Waals surface area (Å²) >= 11 is 0. The molecular formula is C34H39NO19. The average Bonchev–Trinajstić information content (AvgIpc) is 3.31. The van der Waals surface area contributed by atoms with Crippen molar-refractivity contribution in [1.29, 1.82) is 0 Å². The molecule has 1 aromatic rings. The number of nitrogens with zero attached hydrogens (tertiary/aromatic N) is 1. The third kappa shape index (κ3) is 9.74. The highest BCUT2D eigenvalue weighted by Gasteiger charge is 2.60. The van der Waals surface area contributed by atoms with E-state index in [-0.39, 0.29) is 11.1 Å². The minimum absolute atomic E-state index is 0.0614. The molecule has 2 amide bonds. The number of esters is 7. The summed E-state index contributed by atoms with van der Waals surface area (Å²) in [6.07, 6.45) is -15.6. The highest BCUT2D eigenvalue weighted by atomic mass is 16.8. The SMILES string of the molecule is CC(=O)OC[C@H]1O[C@H](OC(C)=O)[C@@H](O[C@@H]2O[C@H](COC(C)=O)[C@@H](OC(C)=O)[C@H](OC(C)=O)[C@H]2N2C(=O)c3ccccc3C2=O)[C@@H](OC(C)=O)[C@@H]1OC(C)=O. The predicted octanol–water partition coefficient (Wildman–Crippen LogP) is -0.0977. The smallest absolute Gasteiger partial charge is 0.305 e. The minimum atomic E-state index is -2.00. The van der Waals surface area contributed by atoms with Crippen LogP contribution in [0.1, 0.15) is 69.2 Å². The summed E-state index contributed by atoms with van der Waals surface area (Å²) in [4.78, 5) is 115. The van der Waals surface area contributed by atoms with E-state index in [0.717, 1.165) is 48.5 Å². The summed E-state index contributed by atoms with van der Waals surface area (Å²) in [6, 6.07) is 3.86. The molecule has 0 spiro atoms. The Kier molecular flexibility index (Phi) is 13.4. The number of ether oxygens (including phenoxy) is 10. The van der Waals surface area contributed by atoms with Crippen LogP contribution in [0.5, 0.6) is 0 Å².